The molecule has 1 aromatic heterocycles. The largest absolute Gasteiger partial charge is 0.481 e. The van der Waals surface area contributed by atoms with Crippen molar-refractivity contribution in [3.63, 3.8) is 0 Å². The van der Waals surface area contributed by atoms with Crippen LogP contribution in [0, 0.1) is 17.2 Å². The molecule has 0 radical (unpaired) electrons. The number of carboxylic acids is 1. The summed E-state index contributed by atoms with van der Waals surface area (Å²) in [5.41, 5.74) is 2.82. The molecule has 3 rings (SSSR count). The van der Waals surface area contributed by atoms with Gasteiger partial charge in [-0.15, -0.1) is 0 Å². The maximum Gasteiger partial charge on any atom is 0.308 e. The van der Waals surface area contributed by atoms with Gasteiger partial charge in [0.15, 0.2) is 0 Å². The fourth-order valence-electron chi connectivity index (χ4n) is 3.33. The van der Waals surface area contributed by atoms with E-state index in [0.717, 1.165) is 25.0 Å². The SMILES string of the molecule is CC1C(C(=O)O)CCN1c1nc2c(cc1C#N)CCC2. The number of carbonyl (C=O) groups is 1. The zero-order valence-electron chi connectivity index (χ0n) is 11.5. The average molecular weight is 271 g/mol. The first-order chi connectivity index (χ1) is 9.61. The Labute approximate surface area is 117 Å². The van der Waals surface area contributed by atoms with E-state index in [9.17, 15) is 15.2 Å². The predicted molar refractivity (Wildman–Crippen MR) is 73.5 cm³/mol. The molecule has 2 atom stereocenters. The van der Waals surface area contributed by atoms with Gasteiger partial charge in [-0.1, -0.05) is 0 Å². The van der Waals surface area contributed by atoms with Gasteiger partial charge in [0.05, 0.1) is 11.5 Å². The molecule has 2 aliphatic rings. The number of nitrogens with zero attached hydrogens (tertiary/aromatic N) is 3. The maximum atomic E-state index is 11.2. The first-order valence-corrected chi connectivity index (χ1v) is 7.04. The number of anilines is 1. The highest BCUT2D eigenvalue weighted by Gasteiger charge is 2.37. The summed E-state index contributed by atoms with van der Waals surface area (Å²) >= 11 is 0. The van der Waals surface area contributed by atoms with Crippen LogP contribution in [0.4, 0.5) is 5.82 Å². The molecule has 2 heterocycles. The van der Waals surface area contributed by atoms with Crippen LogP contribution < -0.4 is 4.90 Å². The molecule has 0 bridgehead atoms. The molecular formula is C15H17N3O2. The lowest BCUT2D eigenvalue weighted by molar-refractivity contribution is -0.141. The molecule has 0 aromatic carbocycles. The van der Waals surface area contributed by atoms with E-state index in [4.69, 9.17) is 0 Å². The van der Waals surface area contributed by atoms with Crippen LogP contribution in [0.25, 0.3) is 0 Å². The highest BCUT2D eigenvalue weighted by atomic mass is 16.4. The van der Waals surface area contributed by atoms with E-state index < -0.39 is 5.97 Å². The summed E-state index contributed by atoms with van der Waals surface area (Å²) in [4.78, 5) is 17.9. The van der Waals surface area contributed by atoms with Crippen molar-refractivity contribution in [2.45, 2.75) is 38.6 Å². The Hall–Kier alpha value is -2.09. The molecule has 1 aliphatic heterocycles. The highest BCUT2D eigenvalue weighted by molar-refractivity contribution is 5.73. The van der Waals surface area contributed by atoms with Gasteiger partial charge in [0.2, 0.25) is 0 Å². The summed E-state index contributed by atoms with van der Waals surface area (Å²) in [6.45, 7) is 2.56. The minimum atomic E-state index is -0.764. The number of hydrogen-bond donors (Lipinski definition) is 1. The smallest absolute Gasteiger partial charge is 0.308 e. The third-order valence-electron chi connectivity index (χ3n) is 4.50. The zero-order valence-corrected chi connectivity index (χ0v) is 11.5. The number of aryl methyl sites for hydroxylation is 2. The van der Waals surface area contributed by atoms with E-state index in [2.05, 4.69) is 11.1 Å². The topological polar surface area (TPSA) is 77.2 Å². The van der Waals surface area contributed by atoms with Crippen LogP contribution in [-0.2, 0) is 17.6 Å². The van der Waals surface area contributed by atoms with Crippen LogP contribution in [-0.4, -0.2) is 28.6 Å². The van der Waals surface area contributed by atoms with Crippen LogP contribution in [0.3, 0.4) is 0 Å². The van der Waals surface area contributed by atoms with Gasteiger partial charge >= 0.3 is 5.97 Å². The van der Waals surface area contributed by atoms with Gasteiger partial charge in [-0.3, -0.25) is 4.79 Å². The number of carboxylic acid groups (broad SMARTS) is 1. The lowest BCUT2D eigenvalue weighted by Gasteiger charge is -2.25. The van der Waals surface area contributed by atoms with Crippen molar-refractivity contribution >= 4 is 11.8 Å². The van der Waals surface area contributed by atoms with Crippen LogP contribution in [0.2, 0.25) is 0 Å². The summed E-state index contributed by atoms with van der Waals surface area (Å²) in [6, 6.07) is 4.03. The first-order valence-electron chi connectivity index (χ1n) is 7.04. The molecule has 1 aromatic rings. The molecule has 2 unspecified atom stereocenters. The molecule has 1 aliphatic carbocycles. The monoisotopic (exact) mass is 271 g/mol. The summed E-state index contributed by atoms with van der Waals surface area (Å²) in [6.07, 6.45) is 3.65. The molecule has 1 fully saturated rings. The molecule has 0 saturated carbocycles. The van der Waals surface area contributed by atoms with Gasteiger partial charge in [0, 0.05) is 18.3 Å². The second-order valence-corrected chi connectivity index (χ2v) is 5.60. The van der Waals surface area contributed by atoms with Crippen molar-refractivity contribution in [1.82, 2.24) is 4.98 Å². The molecular weight excluding hydrogens is 254 g/mol. The molecule has 0 amide bonds. The van der Waals surface area contributed by atoms with E-state index in [1.54, 1.807) is 0 Å². The Bertz CT molecular complexity index is 606. The molecule has 5 nitrogen and oxygen atoms in total. The number of fused-ring (bicyclic) bond motifs is 1. The third-order valence-corrected chi connectivity index (χ3v) is 4.50. The van der Waals surface area contributed by atoms with Crippen molar-refractivity contribution in [2.75, 3.05) is 11.4 Å². The van der Waals surface area contributed by atoms with Gasteiger partial charge in [-0.05, 0) is 44.2 Å². The molecule has 5 heteroatoms. The number of aliphatic carboxylic acids is 1. The molecule has 1 saturated heterocycles. The van der Waals surface area contributed by atoms with E-state index in [1.807, 2.05) is 17.9 Å². The fourth-order valence-corrected chi connectivity index (χ4v) is 3.33. The number of pyridine rings is 1. The van der Waals surface area contributed by atoms with E-state index in [1.165, 1.54) is 5.56 Å². The van der Waals surface area contributed by atoms with Gasteiger partial charge in [-0.25, -0.2) is 4.98 Å². The summed E-state index contributed by atoms with van der Waals surface area (Å²) < 4.78 is 0. The number of hydrogen-bond acceptors (Lipinski definition) is 4. The normalized spacial score (nSPS) is 24.5. The minimum Gasteiger partial charge on any atom is -0.481 e. The van der Waals surface area contributed by atoms with Crippen LogP contribution in [0.15, 0.2) is 6.07 Å². The second kappa shape index (κ2) is 4.78. The number of nitriles is 1. The number of aromatic nitrogens is 1. The Morgan fingerprint density at radius 2 is 2.35 bits per heavy atom. The van der Waals surface area contributed by atoms with Crippen LogP contribution in [0.1, 0.15) is 36.6 Å². The fraction of sp³-hybridized carbons (Fsp3) is 0.533. The standard InChI is InChI=1S/C15H17N3O2/c1-9-12(15(19)20)5-6-18(9)14-11(8-16)7-10-3-2-4-13(10)17-14/h7,9,12H,2-6H2,1H3,(H,19,20). The molecule has 20 heavy (non-hydrogen) atoms. The summed E-state index contributed by atoms with van der Waals surface area (Å²) in [5.74, 6) is -0.472. The van der Waals surface area contributed by atoms with Crippen molar-refractivity contribution < 1.29 is 9.90 Å². The van der Waals surface area contributed by atoms with Crippen LogP contribution >= 0.6 is 0 Å². The number of rotatable bonds is 2. The van der Waals surface area contributed by atoms with E-state index in [-0.39, 0.29) is 12.0 Å². The molecule has 0 spiro atoms. The predicted octanol–water partition coefficient (Wildman–Crippen LogP) is 1.74. The Morgan fingerprint density at radius 1 is 1.55 bits per heavy atom. The summed E-state index contributed by atoms with van der Waals surface area (Å²) in [7, 11) is 0. The van der Waals surface area contributed by atoms with Gasteiger partial charge in [0.25, 0.3) is 0 Å². The minimum absolute atomic E-state index is 0.119. The van der Waals surface area contributed by atoms with Crippen molar-refractivity contribution in [3.05, 3.63) is 22.9 Å². The van der Waals surface area contributed by atoms with Crippen molar-refractivity contribution in [2.24, 2.45) is 5.92 Å². The molecule has 1 N–H and O–H groups in total. The van der Waals surface area contributed by atoms with E-state index in [0.29, 0.717) is 24.3 Å². The molecule has 104 valence electrons. The quantitative estimate of drug-likeness (QED) is 0.886. The second-order valence-electron chi connectivity index (χ2n) is 5.60. The highest BCUT2D eigenvalue weighted by Crippen LogP contribution is 2.33. The zero-order chi connectivity index (χ0) is 14.3. The average Bonchev–Trinajstić information content (AvgIpc) is 3.02. The van der Waals surface area contributed by atoms with Gasteiger partial charge in [-0.2, -0.15) is 5.26 Å². The lowest BCUT2D eigenvalue weighted by Crippen LogP contribution is -2.34. The van der Waals surface area contributed by atoms with Gasteiger partial charge in [0.1, 0.15) is 11.9 Å². The lowest BCUT2D eigenvalue weighted by atomic mass is 10.0. The third kappa shape index (κ3) is 1.92. The van der Waals surface area contributed by atoms with Gasteiger partial charge < -0.3 is 10.0 Å². The Kier molecular flexibility index (Phi) is 3.09. The van der Waals surface area contributed by atoms with Crippen LogP contribution in [0.5, 0.6) is 0 Å². The Balaban J connectivity index is 1.99. The maximum absolute atomic E-state index is 11.2. The van der Waals surface area contributed by atoms with Crippen molar-refractivity contribution in [1.29, 1.82) is 5.26 Å². The Morgan fingerprint density at radius 3 is 3.00 bits per heavy atom. The first kappa shape index (κ1) is 12.9. The summed E-state index contributed by atoms with van der Waals surface area (Å²) in [5, 5.41) is 18.6. The van der Waals surface area contributed by atoms with E-state index >= 15 is 0 Å². The van der Waals surface area contributed by atoms with Crippen molar-refractivity contribution in [3.8, 4) is 6.07 Å².